The number of hydrogen-bond acceptors (Lipinski definition) is 3. The maximum Gasteiger partial charge on any atom is 0.134 e. The first kappa shape index (κ1) is 14.4. The fourth-order valence-corrected chi connectivity index (χ4v) is 2.76. The molecule has 1 aromatic heterocycles. The smallest absolute Gasteiger partial charge is 0.134 e. The first-order chi connectivity index (χ1) is 10.3. The summed E-state index contributed by atoms with van der Waals surface area (Å²) in [6, 6.07) is 12.8. The van der Waals surface area contributed by atoms with E-state index in [4.69, 9.17) is 9.15 Å². The number of nitrogens with zero attached hydrogens (tertiary/aromatic N) is 1. The van der Waals surface area contributed by atoms with Crippen LogP contribution >= 0.6 is 0 Å². The molecule has 0 N–H and O–H groups in total. The molecule has 1 fully saturated rings. The third kappa shape index (κ3) is 3.96. The summed E-state index contributed by atoms with van der Waals surface area (Å²) in [4.78, 5) is 2.49. The van der Waals surface area contributed by atoms with Crippen molar-refractivity contribution in [2.24, 2.45) is 0 Å². The Hall–Kier alpha value is -1.58. The van der Waals surface area contributed by atoms with E-state index in [1.54, 1.807) is 0 Å². The quantitative estimate of drug-likeness (QED) is 0.840. The van der Waals surface area contributed by atoms with Crippen LogP contribution in [0.5, 0.6) is 0 Å². The van der Waals surface area contributed by atoms with Gasteiger partial charge in [0.25, 0.3) is 0 Å². The Kier molecular flexibility index (Phi) is 4.73. The van der Waals surface area contributed by atoms with Gasteiger partial charge in [-0.15, -0.1) is 0 Å². The molecule has 0 radical (unpaired) electrons. The highest BCUT2D eigenvalue weighted by molar-refractivity contribution is 5.57. The summed E-state index contributed by atoms with van der Waals surface area (Å²) >= 11 is 0. The average molecular weight is 285 g/mol. The van der Waals surface area contributed by atoms with Gasteiger partial charge in [-0.3, -0.25) is 4.90 Å². The zero-order valence-electron chi connectivity index (χ0n) is 12.7. The van der Waals surface area contributed by atoms with Gasteiger partial charge in [0.2, 0.25) is 0 Å². The van der Waals surface area contributed by atoms with Gasteiger partial charge in [-0.05, 0) is 44.0 Å². The summed E-state index contributed by atoms with van der Waals surface area (Å²) in [5.41, 5.74) is 2.55. The van der Waals surface area contributed by atoms with E-state index in [9.17, 15) is 0 Å². The topological polar surface area (TPSA) is 25.6 Å². The van der Waals surface area contributed by atoms with Gasteiger partial charge in [0.15, 0.2) is 0 Å². The van der Waals surface area contributed by atoms with E-state index in [1.165, 1.54) is 18.5 Å². The minimum atomic E-state index is 0.886. The summed E-state index contributed by atoms with van der Waals surface area (Å²) in [5.74, 6) is 1.91. The van der Waals surface area contributed by atoms with Crippen molar-refractivity contribution < 1.29 is 9.15 Å². The van der Waals surface area contributed by atoms with Crippen LogP contribution in [0.15, 0.2) is 40.8 Å². The molecule has 0 atom stereocenters. The van der Waals surface area contributed by atoms with Crippen molar-refractivity contribution in [1.29, 1.82) is 0 Å². The summed E-state index contributed by atoms with van der Waals surface area (Å²) in [5, 5.41) is 0. The second-order valence-electron chi connectivity index (χ2n) is 5.66. The molecule has 2 aromatic rings. The van der Waals surface area contributed by atoms with E-state index in [0.29, 0.717) is 0 Å². The Morgan fingerprint density at radius 2 is 1.76 bits per heavy atom. The first-order valence-corrected chi connectivity index (χ1v) is 7.77. The van der Waals surface area contributed by atoms with Crippen molar-refractivity contribution in [3.8, 4) is 11.3 Å². The standard InChI is InChI=1S/C18H23NO2/c1-15-4-9-18(21-15)17-7-5-16(6-8-17)3-2-10-19-11-13-20-14-12-19/h4-9H,2-3,10-14H2,1H3. The molecule has 0 spiro atoms. The van der Waals surface area contributed by atoms with Crippen molar-refractivity contribution in [1.82, 2.24) is 4.90 Å². The van der Waals surface area contributed by atoms with Gasteiger partial charge in [-0.2, -0.15) is 0 Å². The highest BCUT2D eigenvalue weighted by Gasteiger charge is 2.09. The molecule has 0 bridgehead atoms. The number of benzene rings is 1. The molecular weight excluding hydrogens is 262 g/mol. The lowest BCUT2D eigenvalue weighted by Gasteiger charge is -2.26. The molecule has 1 aliphatic heterocycles. The van der Waals surface area contributed by atoms with Crippen LogP contribution < -0.4 is 0 Å². The Labute approximate surface area is 126 Å². The SMILES string of the molecule is Cc1ccc(-c2ccc(CCCN3CCOCC3)cc2)o1. The Morgan fingerprint density at radius 1 is 1.00 bits per heavy atom. The van der Waals surface area contributed by atoms with Crippen LogP contribution in [-0.4, -0.2) is 37.7 Å². The van der Waals surface area contributed by atoms with Crippen molar-refractivity contribution in [3.63, 3.8) is 0 Å². The van der Waals surface area contributed by atoms with Crippen LogP contribution in [-0.2, 0) is 11.2 Å². The van der Waals surface area contributed by atoms with Gasteiger partial charge >= 0.3 is 0 Å². The van der Waals surface area contributed by atoms with Crippen LogP contribution in [0.4, 0.5) is 0 Å². The first-order valence-electron chi connectivity index (χ1n) is 7.77. The Morgan fingerprint density at radius 3 is 2.43 bits per heavy atom. The Bertz CT molecular complexity index is 553. The van der Waals surface area contributed by atoms with Crippen LogP contribution in [0.3, 0.4) is 0 Å². The molecule has 0 saturated carbocycles. The van der Waals surface area contributed by atoms with E-state index in [-0.39, 0.29) is 0 Å². The predicted octanol–water partition coefficient (Wildman–Crippen LogP) is 3.52. The highest BCUT2D eigenvalue weighted by Crippen LogP contribution is 2.22. The molecule has 3 heteroatoms. The highest BCUT2D eigenvalue weighted by atomic mass is 16.5. The van der Waals surface area contributed by atoms with E-state index in [1.807, 2.05) is 19.1 Å². The molecule has 1 aromatic carbocycles. The van der Waals surface area contributed by atoms with Crippen molar-refractivity contribution in [2.75, 3.05) is 32.8 Å². The average Bonchev–Trinajstić information content (AvgIpc) is 2.96. The largest absolute Gasteiger partial charge is 0.461 e. The normalized spacial score (nSPS) is 16.2. The minimum absolute atomic E-state index is 0.886. The number of rotatable bonds is 5. The summed E-state index contributed by atoms with van der Waals surface area (Å²) < 4.78 is 11.0. The predicted molar refractivity (Wildman–Crippen MR) is 84.5 cm³/mol. The molecule has 1 aliphatic rings. The van der Waals surface area contributed by atoms with Crippen molar-refractivity contribution >= 4 is 0 Å². The van der Waals surface area contributed by atoms with Crippen LogP contribution in [0.1, 0.15) is 17.7 Å². The van der Waals surface area contributed by atoms with Gasteiger partial charge < -0.3 is 9.15 Å². The lowest BCUT2D eigenvalue weighted by atomic mass is 10.1. The zero-order chi connectivity index (χ0) is 14.5. The zero-order valence-corrected chi connectivity index (χ0v) is 12.7. The monoisotopic (exact) mass is 285 g/mol. The lowest BCUT2D eigenvalue weighted by molar-refractivity contribution is 0.0375. The van der Waals surface area contributed by atoms with Gasteiger partial charge in [0.1, 0.15) is 11.5 Å². The molecule has 112 valence electrons. The number of aryl methyl sites for hydroxylation is 2. The van der Waals surface area contributed by atoms with Crippen molar-refractivity contribution in [2.45, 2.75) is 19.8 Å². The van der Waals surface area contributed by atoms with Gasteiger partial charge in [0.05, 0.1) is 13.2 Å². The van der Waals surface area contributed by atoms with E-state index >= 15 is 0 Å². The van der Waals surface area contributed by atoms with E-state index in [2.05, 4.69) is 29.2 Å². The molecule has 2 heterocycles. The molecular formula is C18H23NO2. The minimum Gasteiger partial charge on any atom is -0.461 e. The van der Waals surface area contributed by atoms with Gasteiger partial charge in [-0.1, -0.05) is 24.3 Å². The maximum absolute atomic E-state index is 5.65. The number of ether oxygens (including phenoxy) is 1. The molecule has 21 heavy (non-hydrogen) atoms. The maximum atomic E-state index is 5.65. The number of hydrogen-bond donors (Lipinski definition) is 0. The third-order valence-corrected chi connectivity index (χ3v) is 4.02. The second-order valence-corrected chi connectivity index (χ2v) is 5.66. The van der Waals surface area contributed by atoms with Crippen LogP contribution in [0.25, 0.3) is 11.3 Å². The summed E-state index contributed by atoms with van der Waals surface area (Å²) in [6.45, 7) is 7.08. The van der Waals surface area contributed by atoms with Gasteiger partial charge in [0, 0.05) is 18.7 Å². The molecule has 3 rings (SSSR count). The fourth-order valence-electron chi connectivity index (χ4n) is 2.76. The van der Waals surface area contributed by atoms with E-state index < -0.39 is 0 Å². The van der Waals surface area contributed by atoms with Crippen LogP contribution in [0.2, 0.25) is 0 Å². The number of morpholine rings is 1. The molecule has 0 unspecified atom stereocenters. The summed E-state index contributed by atoms with van der Waals surface area (Å²) in [7, 11) is 0. The van der Waals surface area contributed by atoms with Crippen LogP contribution in [0, 0.1) is 6.92 Å². The Balaban J connectivity index is 1.50. The fraction of sp³-hybridized carbons (Fsp3) is 0.444. The van der Waals surface area contributed by atoms with Gasteiger partial charge in [-0.25, -0.2) is 0 Å². The molecule has 0 amide bonds. The molecule has 1 saturated heterocycles. The number of furan rings is 1. The van der Waals surface area contributed by atoms with E-state index in [0.717, 1.165) is 49.8 Å². The lowest BCUT2D eigenvalue weighted by Crippen LogP contribution is -2.36. The van der Waals surface area contributed by atoms with Crippen molar-refractivity contribution in [3.05, 3.63) is 47.7 Å². The molecule has 0 aliphatic carbocycles. The summed E-state index contributed by atoms with van der Waals surface area (Å²) in [6.07, 6.45) is 2.34. The third-order valence-electron chi connectivity index (χ3n) is 4.02. The second kappa shape index (κ2) is 6.92. The molecule has 3 nitrogen and oxygen atoms in total.